The molecule has 3 aromatic rings. The number of allylic oxidation sites excluding steroid dienone is 8. The van der Waals surface area contributed by atoms with Crippen LogP contribution >= 0.6 is 11.3 Å². The van der Waals surface area contributed by atoms with Crippen LogP contribution in [-0.2, 0) is 38.4 Å². The number of Topliss-reactive ketones (excluding diaryl/α,β-unsaturated/α-hetero) is 4. The van der Waals surface area contributed by atoms with E-state index in [-0.39, 0.29) is 23.1 Å². The van der Waals surface area contributed by atoms with Gasteiger partial charge in [0, 0.05) is 68.5 Å². The lowest BCUT2D eigenvalue weighted by molar-refractivity contribution is -0.116. The van der Waals surface area contributed by atoms with Gasteiger partial charge in [-0.1, -0.05) is 26.8 Å². The average Bonchev–Trinajstić information content (AvgIpc) is 3.68. The molecule has 5 rings (SSSR count). The minimum absolute atomic E-state index is 0.00224. The van der Waals surface area contributed by atoms with E-state index in [0.717, 1.165) is 47.5 Å². The van der Waals surface area contributed by atoms with Gasteiger partial charge in [-0.25, -0.2) is 9.97 Å². The summed E-state index contributed by atoms with van der Waals surface area (Å²) in [5, 5.41) is 1.02. The van der Waals surface area contributed by atoms with Gasteiger partial charge in [0.15, 0.2) is 23.1 Å². The van der Waals surface area contributed by atoms with E-state index in [2.05, 4.69) is 34.0 Å². The summed E-state index contributed by atoms with van der Waals surface area (Å²) in [5.74, 6) is 0.972. The zero-order valence-electron chi connectivity index (χ0n) is 29.0. The smallest absolute Gasteiger partial charge is 0.185 e. The van der Waals surface area contributed by atoms with Crippen molar-refractivity contribution in [1.82, 2.24) is 15.0 Å². The predicted octanol–water partition coefficient (Wildman–Crippen LogP) is 8.47. The fourth-order valence-corrected chi connectivity index (χ4v) is 6.33. The van der Waals surface area contributed by atoms with E-state index in [4.69, 9.17) is 0 Å². The Morgan fingerprint density at radius 2 is 1.22 bits per heavy atom. The fourth-order valence-electron chi connectivity index (χ4n) is 5.54. The number of fused-ring (bicyclic) bond motifs is 1. The first-order chi connectivity index (χ1) is 21.8. The molecule has 46 heavy (non-hydrogen) atoms. The number of nitrogens with zero attached hydrogens (tertiary/aromatic N) is 2. The zero-order chi connectivity index (χ0) is 34.3. The molecular formula is C38H47N3O4S. The highest BCUT2D eigenvalue weighted by Gasteiger charge is 2.28. The first-order valence-electron chi connectivity index (χ1n) is 16.2. The highest BCUT2D eigenvalue weighted by Crippen LogP contribution is 2.29. The third-order valence-corrected chi connectivity index (χ3v) is 9.70. The maximum atomic E-state index is 12.5. The maximum Gasteiger partial charge on any atom is 0.185 e. The number of aromatic amines is 1. The van der Waals surface area contributed by atoms with Gasteiger partial charge in [-0.15, -0.1) is 11.3 Å². The Balaban J connectivity index is 0.000000246. The second kappa shape index (κ2) is 16.0. The van der Waals surface area contributed by atoms with Crippen molar-refractivity contribution in [2.75, 3.05) is 0 Å². The molecule has 2 aliphatic carbocycles. The van der Waals surface area contributed by atoms with Crippen LogP contribution in [0, 0.1) is 6.92 Å². The van der Waals surface area contributed by atoms with Gasteiger partial charge >= 0.3 is 0 Å². The van der Waals surface area contributed by atoms with Crippen LogP contribution in [0.4, 0.5) is 0 Å². The van der Waals surface area contributed by atoms with Gasteiger partial charge in [0.2, 0.25) is 0 Å². The van der Waals surface area contributed by atoms with Crippen LogP contribution in [0.2, 0.25) is 0 Å². The summed E-state index contributed by atoms with van der Waals surface area (Å²) in [4.78, 5) is 62.4. The summed E-state index contributed by atoms with van der Waals surface area (Å²) in [6, 6.07) is 6.28. The van der Waals surface area contributed by atoms with Crippen molar-refractivity contribution in [2.24, 2.45) is 0 Å². The average molecular weight is 642 g/mol. The molecule has 2 heterocycles. The summed E-state index contributed by atoms with van der Waals surface area (Å²) in [7, 11) is 0. The largest absolute Gasteiger partial charge is 0.342 e. The number of benzene rings is 1. The van der Waals surface area contributed by atoms with Crippen LogP contribution in [-0.4, -0.2) is 38.1 Å². The zero-order valence-corrected chi connectivity index (χ0v) is 29.8. The number of hydrogen-bond donors (Lipinski definition) is 1. The monoisotopic (exact) mass is 641 g/mol. The number of carbonyl (C=O) groups is 4. The van der Waals surface area contributed by atoms with Crippen molar-refractivity contribution in [2.45, 2.75) is 108 Å². The van der Waals surface area contributed by atoms with E-state index in [1.54, 1.807) is 52.9 Å². The highest BCUT2D eigenvalue weighted by atomic mass is 32.1. The minimum atomic E-state index is 0.00224. The van der Waals surface area contributed by atoms with Gasteiger partial charge in [-0.3, -0.25) is 19.2 Å². The van der Waals surface area contributed by atoms with Gasteiger partial charge in [-0.2, -0.15) is 0 Å². The summed E-state index contributed by atoms with van der Waals surface area (Å²) in [6.07, 6.45) is 6.31. The third kappa shape index (κ3) is 8.02. The third-order valence-electron chi connectivity index (χ3n) is 8.72. The van der Waals surface area contributed by atoms with Crippen LogP contribution in [0.25, 0.3) is 11.0 Å². The summed E-state index contributed by atoms with van der Waals surface area (Å²) < 4.78 is 0. The Morgan fingerprint density at radius 3 is 1.74 bits per heavy atom. The molecule has 0 aliphatic heterocycles. The number of hydrogen-bond acceptors (Lipinski definition) is 7. The lowest BCUT2D eigenvalue weighted by atomic mass is 9.84. The Hall–Kier alpha value is -4.04. The molecular weight excluding hydrogens is 595 g/mol. The van der Waals surface area contributed by atoms with Crippen LogP contribution in [0.3, 0.4) is 0 Å². The molecule has 1 aromatic carbocycles. The van der Waals surface area contributed by atoms with E-state index < -0.39 is 0 Å². The van der Waals surface area contributed by atoms with Crippen molar-refractivity contribution in [3.63, 3.8) is 0 Å². The van der Waals surface area contributed by atoms with Crippen molar-refractivity contribution in [3.8, 4) is 0 Å². The number of aryl methyl sites for hydroxylation is 4. The van der Waals surface area contributed by atoms with Crippen LogP contribution in [0.5, 0.6) is 0 Å². The number of aromatic nitrogens is 3. The molecule has 0 saturated carbocycles. The molecule has 1 N–H and O–H groups in total. The summed E-state index contributed by atoms with van der Waals surface area (Å²) >= 11 is 1.64. The SMILES string of the molecule is CC.CC1=C(C)C(=O)C(CCc2ncc(C)s2)=C(C)C1=O.CCc1ccc2nc(CCCC3=C(C)C(=O)C(C)=C(C)C3=O)[nH]c2c1. The first-order valence-corrected chi connectivity index (χ1v) is 17.0. The van der Waals surface area contributed by atoms with Gasteiger partial charge in [-0.05, 0) is 91.8 Å². The number of H-pyrrole nitrogens is 1. The molecule has 244 valence electrons. The fraction of sp³-hybridized carbons (Fsp3) is 0.421. The summed E-state index contributed by atoms with van der Waals surface area (Å²) in [5.41, 5.74) is 8.16. The van der Waals surface area contributed by atoms with E-state index in [0.29, 0.717) is 57.4 Å². The normalized spacial score (nSPS) is 15.5. The lowest BCUT2D eigenvalue weighted by Gasteiger charge is -2.18. The maximum absolute atomic E-state index is 12.5. The highest BCUT2D eigenvalue weighted by molar-refractivity contribution is 7.11. The van der Waals surface area contributed by atoms with Gasteiger partial charge in [0.25, 0.3) is 0 Å². The molecule has 0 unspecified atom stereocenters. The van der Waals surface area contributed by atoms with Gasteiger partial charge < -0.3 is 4.98 Å². The molecule has 0 saturated heterocycles. The number of nitrogens with one attached hydrogen (secondary N) is 1. The molecule has 0 fully saturated rings. The first kappa shape index (κ1) is 36.4. The topological polar surface area (TPSA) is 110 Å². The lowest BCUT2D eigenvalue weighted by Crippen LogP contribution is -2.21. The predicted molar refractivity (Wildman–Crippen MR) is 187 cm³/mol. The number of rotatable bonds is 8. The Morgan fingerprint density at radius 1 is 0.674 bits per heavy atom. The molecule has 2 aliphatic rings. The second-order valence-electron chi connectivity index (χ2n) is 11.6. The second-order valence-corrected chi connectivity index (χ2v) is 12.9. The molecule has 0 radical (unpaired) electrons. The number of carbonyl (C=O) groups excluding carboxylic acids is 4. The van der Waals surface area contributed by atoms with Crippen LogP contribution in [0.15, 0.2) is 69.0 Å². The van der Waals surface area contributed by atoms with E-state index >= 15 is 0 Å². The minimum Gasteiger partial charge on any atom is -0.342 e. The number of imidazole rings is 1. The molecule has 7 nitrogen and oxygen atoms in total. The van der Waals surface area contributed by atoms with E-state index in [9.17, 15) is 19.2 Å². The molecule has 8 heteroatoms. The number of thiazole rings is 1. The van der Waals surface area contributed by atoms with Crippen molar-refractivity contribution >= 4 is 45.5 Å². The molecule has 2 aromatic heterocycles. The van der Waals surface area contributed by atoms with Crippen molar-refractivity contribution in [1.29, 1.82) is 0 Å². The van der Waals surface area contributed by atoms with Crippen molar-refractivity contribution in [3.05, 3.63) is 90.3 Å². The van der Waals surface area contributed by atoms with Gasteiger partial charge in [0.05, 0.1) is 16.0 Å². The Kier molecular flexibility index (Phi) is 12.7. The Bertz CT molecular complexity index is 1810. The van der Waals surface area contributed by atoms with Crippen LogP contribution < -0.4 is 0 Å². The van der Waals surface area contributed by atoms with Crippen molar-refractivity contribution < 1.29 is 19.2 Å². The van der Waals surface area contributed by atoms with Crippen LogP contribution in [0.1, 0.15) is 103 Å². The van der Waals surface area contributed by atoms with E-state index in [1.165, 1.54) is 10.4 Å². The molecule has 0 bridgehead atoms. The quantitative estimate of drug-likeness (QED) is 0.247. The van der Waals surface area contributed by atoms with Gasteiger partial charge in [0.1, 0.15) is 5.82 Å². The van der Waals surface area contributed by atoms with E-state index in [1.807, 2.05) is 33.0 Å². The standard InChI is InChI=1S/C21H24N2O2.C15H17NO2S.C2H6/c1-5-15-9-10-17-18(11-15)23-19(22-17)8-6-7-16-14(4)20(24)12(2)13(3)21(16)25;1-8-7-16-13(19-8)6-5-12-11(4)14(17)9(2)10(3)15(12)18;1-2/h9-11H,5-8H2,1-4H3,(H,22,23);7H,5-6H2,1-4H3;1-2H3. The molecule has 0 amide bonds. The summed E-state index contributed by atoms with van der Waals surface area (Å²) in [6.45, 7) is 18.6. The molecule has 0 atom stereocenters. The number of ketones is 4. The molecule has 0 spiro atoms. The Labute approximate surface area is 277 Å².